The number of rotatable bonds is 3. The molecule has 2 bridgehead atoms. The van der Waals surface area contributed by atoms with E-state index in [1.165, 1.54) is 36.0 Å². The Hall–Kier alpha value is -1.60. The summed E-state index contributed by atoms with van der Waals surface area (Å²) >= 11 is 0. The normalized spacial score (nSPS) is 24.0. The summed E-state index contributed by atoms with van der Waals surface area (Å²) in [4.78, 5) is 0. The van der Waals surface area contributed by atoms with Crippen molar-refractivity contribution < 1.29 is 0 Å². The maximum absolute atomic E-state index is 3.25. The Morgan fingerprint density at radius 3 is 2.74 bits per heavy atom. The van der Waals surface area contributed by atoms with Crippen LogP contribution in [0.1, 0.15) is 44.2 Å². The molecule has 0 saturated carbocycles. The quantitative estimate of drug-likeness (QED) is 0.737. The van der Waals surface area contributed by atoms with Crippen molar-refractivity contribution in [3.05, 3.63) is 65.8 Å². The van der Waals surface area contributed by atoms with Crippen LogP contribution in [0, 0.1) is 11.8 Å². The van der Waals surface area contributed by atoms with E-state index in [9.17, 15) is 0 Å². The summed E-state index contributed by atoms with van der Waals surface area (Å²) in [7, 11) is 2.02. The molecule has 1 heteroatoms. The molecule has 2 aliphatic carbocycles. The smallest absolute Gasteiger partial charge is 0.00295 e. The fourth-order valence-corrected chi connectivity index (χ4v) is 3.54. The lowest BCUT2D eigenvalue weighted by Crippen LogP contribution is -2.14. The molecule has 0 aliphatic heterocycles. The molecule has 0 heterocycles. The fraction of sp³-hybridized carbons (Fsp3) is 0.455. The molecule has 0 fully saturated rings. The molecular formula is C22H31N. The predicted octanol–water partition coefficient (Wildman–Crippen LogP) is 5.40. The summed E-state index contributed by atoms with van der Waals surface area (Å²) in [5.41, 5.74) is 4.53. The summed E-state index contributed by atoms with van der Waals surface area (Å²) in [5.74, 6) is 1.27. The Morgan fingerprint density at radius 1 is 1.13 bits per heavy atom. The van der Waals surface area contributed by atoms with Crippen LogP contribution in [-0.2, 0) is 6.42 Å². The molecule has 0 aromatic heterocycles. The standard InChI is InChI=1S/C20H25N.C2H6/c1-21-14-6-11-20-18-9-3-2-7-16(15-18)12-13-17-8-4-5-10-19(17)20;1-2/h2-5,7-11,16,18,21H,6,12-15H2,1H3;1-2H3/b20-11+;. The summed E-state index contributed by atoms with van der Waals surface area (Å²) in [6, 6.07) is 8.99. The van der Waals surface area contributed by atoms with Gasteiger partial charge in [0.1, 0.15) is 0 Å². The molecule has 3 rings (SSSR count). The van der Waals surface area contributed by atoms with Crippen LogP contribution in [0.3, 0.4) is 0 Å². The van der Waals surface area contributed by atoms with Gasteiger partial charge in [0.05, 0.1) is 0 Å². The SMILES string of the molecule is CC.CNCC/C=C1/c2ccccc2CCC2C=CC=CC1C2. The van der Waals surface area contributed by atoms with E-state index in [0.717, 1.165) is 13.0 Å². The molecule has 1 aromatic rings. The third-order valence-electron chi connectivity index (χ3n) is 4.67. The minimum Gasteiger partial charge on any atom is -0.319 e. The van der Waals surface area contributed by atoms with Gasteiger partial charge in [0.15, 0.2) is 0 Å². The highest BCUT2D eigenvalue weighted by Crippen LogP contribution is 2.38. The van der Waals surface area contributed by atoms with Crippen molar-refractivity contribution in [2.75, 3.05) is 13.6 Å². The van der Waals surface area contributed by atoms with Gasteiger partial charge < -0.3 is 5.32 Å². The molecule has 23 heavy (non-hydrogen) atoms. The Labute approximate surface area is 142 Å². The molecule has 0 saturated heterocycles. The zero-order chi connectivity index (χ0) is 16.5. The van der Waals surface area contributed by atoms with E-state index in [1.807, 2.05) is 20.9 Å². The summed E-state index contributed by atoms with van der Waals surface area (Å²) in [6.07, 6.45) is 16.6. The Kier molecular flexibility index (Phi) is 7.35. The van der Waals surface area contributed by atoms with Gasteiger partial charge in [-0.25, -0.2) is 0 Å². The van der Waals surface area contributed by atoms with Gasteiger partial charge in [0.2, 0.25) is 0 Å². The second kappa shape index (κ2) is 9.52. The number of hydrogen-bond acceptors (Lipinski definition) is 1. The number of benzene rings is 1. The number of allylic oxidation sites excluding steroid dienone is 5. The first-order valence-corrected chi connectivity index (χ1v) is 9.16. The maximum atomic E-state index is 3.25. The molecule has 1 N–H and O–H groups in total. The monoisotopic (exact) mass is 309 g/mol. The van der Waals surface area contributed by atoms with Gasteiger partial charge in [0, 0.05) is 5.92 Å². The average molecular weight is 309 g/mol. The van der Waals surface area contributed by atoms with Gasteiger partial charge >= 0.3 is 0 Å². The van der Waals surface area contributed by atoms with Gasteiger partial charge in [0.25, 0.3) is 0 Å². The minimum atomic E-state index is 0.559. The third kappa shape index (κ3) is 4.68. The minimum absolute atomic E-state index is 0.559. The Balaban J connectivity index is 0.000000924. The molecule has 2 unspecified atom stereocenters. The molecule has 0 spiro atoms. The third-order valence-corrected chi connectivity index (χ3v) is 4.67. The van der Waals surface area contributed by atoms with Crippen LogP contribution in [0.4, 0.5) is 0 Å². The van der Waals surface area contributed by atoms with Gasteiger partial charge in [-0.2, -0.15) is 0 Å². The van der Waals surface area contributed by atoms with Crippen LogP contribution in [0.2, 0.25) is 0 Å². The van der Waals surface area contributed by atoms with E-state index in [4.69, 9.17) is 0 Å². The van der Waals surface area contributed by atoms with Crippen LogP contribution in [0.5, 0.6) is 0 Å². The lowest BCUT2D eigenvalue weighted by molar-refractivity contribution is 0.505. The average Bonchev–Trinajstić information content (AvgIpc) is 2.85. The molecule has 1 nitrogen and oxygen atoms in total. The van der Waals surface area contributed by atoms with Gasteiger partial charge in [-0.05, 0) is 61.9 Å². The van der Waals surface area contributed by atoms with Crippen molar-refractivity contribution in [2.45, 2.75) is 39.5 Å². The second-order valence-corrected chi connectivity index (χ2v) is 6.12. The first-order valence-electron chi connectivity index (χ1n) is 9.16. The highest BCUT2D eigenvalue weighted by molar-refractivity contribution is 5.72. The van der Waals surface area contributed by atoms with Gasteiger partial charge in [-0.1, -0.05) is 68.5 Å². The van der Waals surface area contributed by atoms with Crippen molar-refractivity contribution in [1.82, 2.24) is 5.32 Å². The topological polar surface area (TPSA) is 12.0 Å². The predicted molar refractivity (Wildman–Crippen MR) is 103 cm³/mol. The van der Waals surface area contributed by atoms with Crippen molar-refractivity contribution in [1.29, 1.82) is 0 Å². The van der Waals surface area contributed by atoms with E-state index in [1.54, 1.807) is 0 Å². The lowest BCUT2D eigenvalue weighted by atomic mass is 9.78. The Bertz CT molecular complexity index is 565. The zero-order valence-electron chi connectivity index (χ0n) is 14.9. The summed E-state index contributed by atoms with van der Waals surface area (Å²) in [5, 5.41) is 3.25. The van der Waals surface area contributed by atoms with Gasteiger partial charge in [-0.15, -0.1) is 0 Å². The second-order valence-electron chi connectivity index (χ2n) is 6.12. The molecule has 2 aliphatic rings. The molecule has 1 aromatic carbocycles. The van der Waals surface area contributed by atoms with E-state index in [2.05, 4.69) is 60.0 Å². The zero-order valence-corrected chi connectivity index (χ0v) is 14.9. The van der Waals surface area contributed by atoms with Crippen LogP contribution < -0.4 is 5.32 Å². The largest absolute Gasteiger partial charge is 0.319 e. The highest BCUT2D eigenvalue weighted by atomic mass is 14.8. The van der Waals surface area contributed by atoms with E-state index in [-0.39, 0.29) is 0 Å². The van der Waals surface area contributed by atoms with Gasteiger partial charge in [-0.3, -0.25) is 0 Å². The maximum Gasteiger partial charge on any atom is 0.00295 e. The molecular weight excluding hydrogens is 278 g/mol. The van der Waals surface area contributed by atoms with E-state index < -0.39 is 0 Å². The first kappa shape index (κ1) is 17.7. The fourth-order valence-electron chi connectivity index (χ4n) is 3.54. The first-order chi connectivity index (χ1) is 11.4. The van der Waals surface area contributed by atoms with Crippen LogP contribution in [-0.4, -0.2) is 13.6 Å². The lowest BCUT2D eigenvalue weighted by Gasteiger charge is -2.26. The van der Waals surface area contributed by atoms with Crippen LogP contribution >= 0.6 is 0 Å². The van der Waals surface area contributed by atoms with Crippen molar-refractivity contribution in [3.8, 4) is 0 Å². The number of aryl methyl sites for hydroxylation is 1. The van der Waals surface area contributed by atoms with Crippen LogP contribution in [0.15, 0.2) is 54.6 Å². The molecule has 0 radical (unpaired) electrons. The van der Waals surface area contributed by atoms with Crippen molar-refractivity contribution in [2.24, 2.45) is 11.8 Å². The van der Waals surface area contributed by atoms with Crippen molar-refractivity contribution in [3.63, 3.8) is 0 Å². The van der Waals surface area contributed by atoms with E-state index >= 15 is 0 Å². The van der Waals surface area contributed by atoms with E-state index in [0.29, 0.717) is 11.8 Å². The van der Waals surface area contributed by atoms with Crippen LogP contribution in [0.25, 0.3) is 5.57 Å². The summed E-state index contributed by atoms with van der Waals surface area (Å²) in [6.45, 7) is 5.05. The number of nitrogens with one attached hydrogen (secondary N) is 1. The molecule has 124 valence electrons. The van der Waals surface area contributed by atoms with Crippen molar-refractivity contribution >= 4 is 5.57 Å². The molecule has 2 atom stereocenters. The Morgan fingerprint density at radius 2 is 1.91 bits per heavy atom. The summed E-state index contributed by atoms with van der Waals surface area (Å²) < 4.78 is 0. The number of hydrogen-bond donors (Lipinski definition) is 1. The number of fused-ring (bicyclic) bond motifs is 3. The molecule has 0 amide bonds. The highest BCUT2D eigenvalue weighted by Gasteiger charge is 2.23.